The standard InChI is InChI=1S/C23H20N2OS2/c1-15-11-12-18(14-16(15)2)20-21(17-8-5-4-6-9-17)28-23(25(20)3)24-22(26)19-10-7-13-27-19/h4-14H,1-3H3. The third-order valence-corrected chi connectivity index (χ3v) is 6.81. The second kappa shape index (κ2) is 7.70. The van der Waals surface area contributed by atoms with Crippen molar-refractivity contribution >= 4 is 28.6 Å². The summed E-state index contributed by atoms with van der Waals surface area (Å²) in [6.07, 6.45) is 0. The topological polar surface area (TPSA) is 34.4 Å². The Morgan fingerprint density at radius 2 is 1.71 bits per heavy atom. The number of carbonyl (C=O) groups is 1. The van der Waals surface area contributed by atoms with Gasteiger partial charge in [0.05, 0.1) is 15.4 Å². The molecule has 0 aliphatic rings. The van der Waals surface area contributed by atoms with Crippen molar-refractivity contribution in [2.45, 2.75) is 13.8 Å². The van der Waals surface area contributed by atoms with E-state index in [-0.39, 0.29) is 5.91 Å². The molecule has 1 amide bonds. The largest absolute Gasteiger partial charge is 0.319 e. The number of hydrogen-bond acceptors (Lipinski definition) is 3. The molecule has 0 aliphatic carbocycles. The Morgan fingerprint density at radius 1 is 0.929 bits per heavy atom. The second-order valence-corrected chi connectivity index (χ2v) is 8.61. The molecule has 3 nitrogen and oxygen atoms in total. The normalized spacial score (nSPS) is 11.8. The van der Waals surface area contributed by atoms with Crippen molar-refractivity contribution in [3.8, 4) is 21.7 Å². The highest BCUT2D eigenvalue weighted by molar-refractivity contribution is 7.13. The minimum Gasteiger partial charge on any atom is -0.319 e. The van der Waals surface area contributed by atoms with Crippen LogP contribution in [0.4, 0.5) is 0 Å². The molecule has 4 aromatic rings. The summed E-state index contributed by atoms with van der Waals surface area (Å²) >= 11 is 2.97. The van der Waals surface area contributed by atoms with Crippen molar-refractivity contribution in [3.63, 3.8) is 0 Å². The van der Waals surface area contributed by atoms with Crippen LogP contribution in [-0.2, 0) is 7.05 Å². The minimum atomic E-state index is -0.196. The molecule has 0 aliphatic heterocycles. The smallest absolute Gasteiger partial charge is 0.289 e. The van der Waals surface area contributed by atoms with Crippen LogP contribution in [0.2, 0.25) is 0 Å². The van der Waals surface area contributed by atoms with E-state index in [2.05, 4.69) is 49.2 Å². The third kappa shape index (κ3) is 3.51. The van der Waals surface area contributed by atoms with Crippen molar-refractivity contribution in [2.75, 3.05) is 0 Å². The molecular formula is C23H20N2OS2. The molecule has 0 atom stereocenters. The summed E-state index contributed by atoms with van der Waals surface area (Å²) in [5.74, 6) is -0.196. The molecule has 0 N–H and O–H groups in total. The highest BCUT2D eigenvalue weighted by atomic mass is 32.1. The Labute approximate surface area is 172 Å². The van der Waals surface area contributed by atoms with Gasteiger partial charge in [0, 0.05) is 7.05 Å². The first kappa shape index (κ1) is 18.6. The molecule has 2 aromatic heterocycles. The molecule has 0 radical (unpaired) electrons. The molecule has 0 spiro atoms. The number of carbonyl (C=O) groups excluding carboxylic acids is 1. The highest BCUT2D eigenvalue weighted by Gasteiger charge is 2.16. The lowest BCUT2D eigenvalue weighted by Crippen LogP contribution is -2.14. The fourth-order valence-corrected chi connectivity index (χ4v) is 4.85. The molecule has 0 bridgehead atoms. The van der Waals surface area contributed by atoms with Gasteiger partial charge in [-0.3, -0.25) is 4.79 Å². The zero-order valence-electron chi connectivity index (χ0n) is 16.0. The van der Waals surface area contributed by atoms with E-state index in [1.807, 2.05) is 47.3 Å². The van der Waals surface area contributed by atoms with Crippen LogP contribution in [0.3, 0.4) is 0 Å². The summed E-state index contributed by atoms with van der Waals surface area (Å²) in [7, 11) is 1.98. The molecule has 140 valence electrons. The maximum atomic E-state index is 12.6. The fraction of sp³-hybridized carbons (Fsp3) is 0.130. The SMILES string of the molecule is Cc1ccc(-c2c(-c3ccccc3)sc(=NC(=O)c3cccs3)n2C)cc1C. The molecule has 28 heavy (non-hydrogen) atoms. The molecule has 0 fully saturated rings. The average molecular weight is 405 g/mol. The van der Waals surface area contributed by atoms with Gasteiger partial charge in [-0.2, -0.15) is 4.99 Å². The van der Waals surface area contributed by atoms with E-state index in [1.54, 1.807) is 11.3 Å². The number of aryl methyl sites for hydroxylation is 2. The first-order valence-electron chi connectivity index (χ1n) is 9.00. The summed E-state index contributed by atoms with van der Waals surface area (Å²) in [6, 6.07) is 20.5. The Kier molecular flexibility index (Phi) is 5.11. The molecule has 2 heterocycles. The van der Waals surface area contributed by atoms with Gasteiger partial charge in [-0.15, -0.1) is 11.3 Å². The number of hydrogen-bond donors (Lipinski definition) is 0. The van der Waals surface area contributed by atoms with Gasteiger partial charge >= 0.3 is 0 Å². The molecule has 4 rings (SSSR count). The zero-order valence-corrected chi connectivity index (χ0v) is 17.6. The van der Waals surface area contributed by atoms with Crippen LogP contribution in [0.15, 0.2) is 71.0 Å². The Balaban J connectivity index is 1.94. The molecule has 0 unspecified atom stereocenters. The fourth-order valence-electron chi connectivity index (χ4n) is 3.09. The monoisotopic (exact) mass is 404 g/mol. The summed E-state index contributed by atoms with van der Waals surface area (Å²) in [5.41, 5.74) is 5.85. The van der Waals surface area contributed by atoms with Gasteiger partial charge in [0.2, 0.25) is 0 Å². The maximum Gasteiger partial charge on any atom is 0.289 e. The Bertz CT molecular complexity index is 1200. The predicted octanol–water partition coefficient (Wildman–Crippen LogP) is 5.84. The van der Waals surface area contributed by atoms with Crippen molar-refractivity contribution in [1.29, 1.82) is 0 Å². The number of benzene rings is 2. The Morgan fingerprint density at radius 3 is 2.39 bits per heavy atom. The summed E-state index contributed by atoms with van der Waals surface area (Å²) < 4.78 is 2.03. The minimum absolute atomic E-state index is 0.196. The summed E-state index contributed by atoms with van der Waals surface area (Å²) in [6.45, 7) is 4.24. The van der Waals surface area contributed by atoms with Crippen LogP contribution in [0.1, 0.15) is 20.8 Å². The number of amides is 1. The third-order valence-electron chi connectivity index (χ3n) is 4.78. The van der Waals surface area contributed by atoms with Crippen LogP contribution in [-0.4, -0.2) is 10.5 Å². The second-order valence-electron chi connectivity index (χ2n) is 6.68. The van der Waals surface area contributed by atoms with E-state index in [0.717, 1.165) is 21.7 Å². The van der Waals surface area contributed by atoms with Crippen LogP contribution >= 0.6 is 22.7 Å². The number of nitrogens with zero attached hydrogens (tertiary/aromatic N) is 2. The zero-order chi connectivity index (χ0) is 19.7. The van der Waals surface area contributed by atoms with Crippen LogP contribution in [0.5, 0.6) is 0 Å². The molecule has 2 aromatic carbocycles. The average Bonchev–Trinajstić information content (AvgIpc) is 3.34. The number of rotatable bonds is 3. The van der Waals surface area contributed by atoms with Crippen molar-refractivity contribution in [1.82, 2.24) is 4.57 Å². The lowest BCUT2D eigenvalue weighted by Gasteiger charge is -2.09. The van der Waals surface area contributed by atoms with E-state index in [4.69, 9.17) is 0 Å². The van der Waals surface area contributed by atoms with Gasteiger partial charge in [0.1, 0.15) is 0 Å². The quantitative estimate of drug-likeness (QED) is 0.422. The van der Waals surface area contributed by atoms with Gasteiger partial charge < -0.3 is 4.57 Å². The van der Waals surface area contributed by atoms with E-state index in [1.165, 1.54) is 22.5 Å². The molecule has 5 heteroatoms. The molecule has 0 saturated heterocycles. The van der Waals surface area contributed by atoms with Gasteiger partial charge in [-0.1, -0.05) is 59.9 Å². The first-order valence-corrected chi connectivity index (χ1v) is 10.7. The number of aromatic nitrogens is 1. The van der Waals surface area contributed by atoms with E-state index >= 15 is 0 Å². The summed E-state index contributed by atoms with van der Waals surface area (Å²) in [4.78, 5) is 19.5. The lowest BCUT2D eigenvalue weighted by atomic mass is 10.0. The first-order chi connectivity index (χ1) is 13.5. The van der Waals surface area contributed by atoms with Crippen LogP contribution in [0.25, 0.3) is 21.7 Å². The van der Waals surface area contributed by atoms with E-state index < -0.39 is 0 Å². The Hall–Kier alpha value is -2.76. The van der Waals surface area contributed by atoms with Gasteiger partial charge in [-0.05, 0) is 53.6 Å². The van der Waals surface area contributed by atoms with Crippen LogP contribution in [0, 0.1) is 13.8 Å². The van der Waals surface area contributed by atoms with Gasteiger partial charge in [0.15, 0.2) is 4.80 Å². The van der Waals surface area contributed by atoms with Crippen molar-refractivity contribution < 1.29 is 4.79 Å². The van der Waals surface area contributed by atoms with E-state index in [9.17, 15) is 4.79 Å². The van der Waals surface area contributed by atoms with Crippen molar-refractivity contribution in [2.24, 2.45) is 12.0 Å². The number of thiophene rings is 1. The van der Waals surface area contributed by atoms with Crippen molar-refractivity contribution in [3.05, 3.63) is 86.8 Å². The molecule has 0 saturated carbocycles. The number of thiazole rings is 1. The van der Waals surface area contributed by atoms with Gasteiger partial charge in [-0.25, -0.2) is 0 Å². The van der Waals surface area contributed by atoms with Gasteiger partial charge in [0.25, 0.3) is 5.91 Å². The molecular weight excluding hydrogens is 384 g/mol. The summed E-state index contributed by atoms with van der Waals surface area (Å²) in [5, 5.41) is 1.90. The highest BCUT2D eigenvalue weighted by Crippen LogP contribution is 2.35. The maximum absolute atomic E-state index is 12.6. The lowest BCUT2D eigenvalue weighted by molar-refractivity contribution is 0.100. The van der Waals surface area contributed by atoms with Crippen LogP contribution < -0.4 is 4.80 Å². The predicted molar refractivity (Wildman–Crippen MR) is 118 cm³/mol. The van der Waals surface area contributed by atoms with E-state index in [0.29, 0.717) is 9.68 Å².